The van der Waals surface area contributed by atoms with Gasteiger partial charge in [0.1, 0.15) is 6.26 Å². The average Bonchev–Trinajstić information content (AvgIpc) is 2.70. The predicted octanol–water partition coefficient (Wildman–Crippen LogP) is 1.40. The summed E-state index contributed by atoms with van der Waals surface area (Å²) < 4.78 is 5.16. The summed E-state index contributed by atoms with van der Waals surface area (Å²) in [5, 5.41) is 8.72. The third-order valence-corrected chi connectivity index (χ3v) is 3.10. The second-order valence-electron chi connectivity index (χ2n) is 4.27. The monoisotopic (exact) mass is 224 g/mol. The zero-order chi connectivity index (χ0) is 11.5. The lowest BCUT2D eigenvalue weighted by atomic mass is 10.0. The van der Waals surface area contributed by atoms with Crippen LogP contribution in [0.2, 0.25) is 0 Å². The van der Waals surface area contributed by atoms with Crippen molar-refractivity contribution in [1.82, 2.24) is 9.88 Å². The van der Waals surface area contributed by atoms with E-state index in [9.17, 15) is 4.79 Å². The van der Waals surface area contributed by atoms with Crippen molar-refractivity contribution in [1.29, 1.82) is 0 Å². The molecule has 0 amide bonds. The van der Waals surface area contributed by atoms with Gasteiger partial charge >= 0.3 is 5.97 Å². The van der Waals surface area contributed by atoms with E-state index in [0.717, 1.165) is 13.0 Å². The van der Waals surface area contributed by atoms with Gasteiger partial charge in [-0.25, -0.2) is 9.78 Å². The van der Waals surface area contributed by atoms with Crippen molar-refractivity contribution in [3.63, 3.8) is 0 Å². The number of aromatic nitrogens is 1. The lowest BCUT2D eigenvalue weighted by molar-refractivity contribution is 0.0690. The molecule has 1 aromatic heterocycles. The van der Waals surface area contributed by atoms with Crippen LogP contribution in [0.4, 0.5) is 0 Å². The number of hydrogen-bond donors (Lipinski definition) is 1. The van der Waals surface area contributed by atoms with E-state index < -0.39 is 5.97 Å². The molecule has 1 atom stereocenters. The Balaban J connectivity index is 1.99. The highest BCUT2D eigenvalue weighted by atomic mass is 16.4. The molecule has 0 saturated carbocycles. The molecule has 0 bridgehead atoms. The molecular formula is C11H16N2O3. The Morgan fingerprint density at radius 2 is 2.50 bits per heavy atom. The first-order valence-electron chi connectivity index (χ1n) is 5.55. The Hall–Kier alpha value is -1.36. The zero-order valence-electron chi connectivity index (χ0n) is 9.35. The maximum absolute atomic E-state index is 10.6. The van der Waals surface area contributed by atoms with Gasteiger partial charge in [-0.15, -0.1) is 0 Å². The Kier molecular flexibility index (Phi) is 3.24. The van der Waals surface area contributed by atoms with Crippen LogP contribution in [0.1, 0.15) is 35.6 Å². The van der Waals surface area contributed by atoms with Crippen LogP contribution in [0.3, 0.4) is 0 Å². The molecule has 5 heteroatoms. The van der Waals surface area contributed by atoms with Gasteiger partial charge in [0, 0.05) is 12.5 Å². The molecule has 1 fully saturated rings. The molecule has 2 heterocycles. The van der Waals surface area contributed by atoms with E-state index in [1.807, 2.05) is 0 Å². The molecule has 5 nitrogen and oxygen atoms in total. The SMILES string of the molecule is CN1CCCCC1Cc1nc(C(=O)O)co1. The van der Waals surface area contributed by atoms with Crippen LogP contribution in [-0.2, 0) is 6.42 Å². The molecule has 1 aliphatic heterocycles. The molecule has 1 unspecified atom stereocenters. The number of carboxylic acids is 1. The Morgan fingerprint density at radius 3 is 3.12 bits per heavy atom. The molecule has 1 aliphatic rings. The van der Waals surface area contributed by atoms with Gasteiger partial charge in [0.25, 0.3) is 0 Å². The van der Waals surface area contributed by atoms with Crippen molar-refractivity contribution in [2.75, 3.05) is 13.6 Å². The maximum atomic E-state index is 10.6. The maximum Gasteiger partial charge on any atom is 0.357 e. The van der Waals surface area contributed by atoms with Crippen molar-refractivity contribution in [2.24, 2.45) is 0 Å². The minimum atomic E-state index is -1.04. The summed E-state index contributed by atoms with van der Waals surface area (Å²) in [5.74, 6) is -0.511. The standard InChI is InChI=1S/C11H16N2O3/c1-13-5-3-2-4-8(13)6-10-12-9(7-16-10)11(14)15/h7-8H,2-6H2,1H3,(H,14,15). The van der Waals surface area contributed by atoms with Crippen molar-refractivity contribution in [2.45, 2.75) is 31.7 Å². The number of nitrogens with zero attached hydrogens (tertiary/aromatic N) is 2. The highest BCUT2D eigenvalue weighted by molar-refractivity contribution is 5.84. The minimum Gasteiger partial charge on any atom is -0.476 e. The molecule has 16 heavy (non-hydrogen) atoms. The van der Waals surface area contributed by atoms with Crippen LogP contribution in [0.15, 0.2) is 10.7 Å². The quantitative estimate of drug-likeness (QED) is 0.840. The molecule has 0 aromatic carbocycles. The van der Waals surface area contributed by atoms with E-state index in [-0.39, 0.29) is 5.69 Å². The fourth-order valence-corrected chi connectivity index (χ4v) is 2.11. The number of likely N-dealkylation sites (N-methyl/N-ethyl adjacent to an activating group) is 1. The molecule has 88 valence electrons. The summed E-state index contributed by atoms with van der Waals surface area (Å²) in [6, 6.07) is 0.425. The first-order valence-corrected chi connectivity index (χ1v) is 5.55. The minimum absolute atomic E-state index is 0.00605. The van der Waals surface area contributed by atoms with Gasteiger partial charge in [-0.05, 0) is 26.4 Å². The number of oxazole rings is 1. The largest absolute Gasteiger partial charge is 0.476 e. The van der Waals surface area contributed by atoms with Gasteiger partial charge in [-0.2, -0.15) is 0 Å². The first-order chi connectivity index (χ1) is 7.66. The molecule has 0 spiro atoms. The van der Waals surface area contributed by atoms with Crippen molar-refractivity contribution >= 4 is 5.97 Å². The summed E-state index contributed by atoms with van der Waals surface area (Å²) in [4.78, 5) is 16.9. The molecule has 1 saturated heterocycles. The number of piperidine rings is 1. The van der Waals surface area contributed by atoms with E-state index >= 15 is 0 Å². The van der Waals surface area contributed by atoms with Gasteiger partial charge in [-0.1, -0.05) is 6.42 Å². The van der Waals surface area contributed by atoms with E-state index in [0.29, 0.717) is 18.4 Å². The smallest absolute Gasteiger partial charge is 0.357 e. The predicted molar refractivity (Wildman–Crippen MR) is 57.4 cm³/mol. The molecule has 2 rings (SSSR count). The van der Waals surface area contributed by atoms with E-state index in [1.165, 1.54) is 19.1 Å². The summed E-state index contributed by atoms with van der Waals surface area (Å²) in [6.45, 7) is 1.09. The van der Waals surface area contributed by atoms with E-state index in [1.54, 1.807) is 0 Å². The number of aromatic carboxylic acids is 1. The Labute approximate surface area is 94.1 Å². The topological polar surface area (TPSA) is 66.6 Å². The van der Waals surface area contributed by atoms with E-state index in [4.69, 9.17) is 9.52 Å². The third kappa shape index (κ3) is 2.41. The number of rotatable bonds is 3. The number of carbonyl (C=O) groups is 1. The van der Waals surface area contributed by atoms with E-state index in [2.05, 4.69) is 16.9 Å². The molecule has 0 aliphatic carbocycles. The summed E-state index contributed by atoms with van der Waals surface area (Å²) in [6.07, 6.45) is 5.49. The highest BCUT2D eigenvalue weighted by Crippen LogP contribution is 2.18. The fraction of sp³-hybridized carbons (Fsp3) is 0.636. The van der Waals surface area contributed by atoms with Crippen LogP contribution in [0.25, 0.3) is 0 Å². The number of hydrogen-bond acceptors (Lipinski definition) is 4. The van der Waals surface area contributed by atoms with Crippen LogP contribution >= 0.6 is 0 Å². The normalized spacial score (nSPS) is 22.2. The van der Waals surface area contributed by atoms with Gasteiger partial charge < -0.3 is 14.4 Å². The van der Waals surface area contributed by atoms with Gasteiger partial charge in [0.05, 0.1) is 0 Å². The molecule has 1 aromatic rings. The van der Waals surface area contributed by atoms with Crippen molar-refractivity contribution < 1.29 is 14.3 Å². The second kappa shape index (κ2) is 4.65. The molecular weight excluding hydrogens is 208 g/mol. The first kappa shape index (κ1) is 11.1. The lowest BCUT2D eigenvalue weighted by Crippen LogP contribution is -2.37. The van der Waals surface area contributed by atoms with Crippen LogP contribution in [0, 0.1) is 0 Å². The van der Waals surface area contributed by atoms with Crippen LogP contribution < -0.4 is 0 Å². The zero-order valence-corrected chi connectivity index (χ0v) is 9.35. The molecule has 1 N–H and O–H groups in total. The Bertz CT molecular complexity index is 375. The fourth-order valence-electron chi connectivity index (χ4n) is 2.11. The van der Waals surface area contributed by atoms with Crippen molar-refractivity contribution in [3.05, 3.63) is 17.8 Å². The summed E-state index contributed by atoms with van der Waals surface area (Å²) in [7, 11) is 2.09. The number of carboxylic acid groups (broad SMARTS) is 1. The van der Waals surface area contributed by atoms with Gasteiger partial charge in [0.15, 0.2) is 11.6 Å². The van der Waals surface area contributed by atoms with Crippen LogP contribution in [0.5, 0.6) is 0 Å². The van der Waals surface area contributed by atoms with Gasteiger partial charge in [-0.3, -0.25) is 0 Å². The Morgan fingerprint density at radius 1 is 1.69 bits per heavy atom. The summed E-state index contributed by atoms with van der Waals surface area (Å²) >= 11 is 0. The third-order valence-electron chi connectivity index (χ3n) is 3.10. The molecule has 0 radical (unpaired) electrons. The number of likely N-dealkylation sites (tertiary alicyclic amines) is 1. The highest BCUT2D eigenvalue weighted by Gasteiger charge is 2.21. The van der Waals surface area contributed by atoms with Crippen molar-refractivity contribution in [3.8, 4) is 0 Å². The van der Waals surface area contributed by atoms with Gasteiger partial charge in [0.2, 0.25) is 0 Å². The summed E-state index contributed by atoms with van der Waals surface area (Å²) in [5.41, 5.74) is -0.00605. The average molecular weight is 224 g/mol. The second-order valence-corrected chi connectivity index (χ2v) is 4.27. The van der Waals surface area contributed by atoms with Crippen LogP contribution in [-0.4, -0.2) is 40.6 Å². The lowest BCUT2D eigenvalue weighted by Gasteiger charge is -2.31.